The summed E-state index contributed by atoms with van der Waals surface area (Å²) in [6, 6.07) is 13.9. The minimum absolute atomic E-state index is 0.155. The molecule has 0 radical (unpaired) electrons. The molecule has 6 heteroatoms. The molecule has 0 aromatic heterocycles. The first kappa shape index (κ1) is 18.6. The molecule has 0 amide bonds. The lowest BCUT2D eigenvalue weighted by atomic mass is 9.43. The van der Waals surface area contributed by atoms with Gasteiger partial charge in [-0.2, -0.15) is 0 Å². The molecule has 2 atom stereocenters. The van der Waals surface area contributed by atoms with Crippen LogP contribution in [0.2, 0.25) is 0 Å². The summed E-state index contributed by atoms with van der Waals surface area (Å²) in [5, 5.41) is 22.4. The van der Waals surface area contributed by atoms with Gasteiger partial charge >= 0.3 is 5.97 Å². The Hall–Kier alpha value is -2.73. The third kappa shape index (κ3) is 2.09. The Morgan fingerprint density at radius 3 is 2.14 bits per heavy atom. The lowest BCUT2D eigenvalue weighted by Crippen LogP contribution is -2.66. The van der Waals surface area contributed by atoms with Gasteiger partial charge in [-0.05, 0) is 42.5 Å². The summed E-state index contributed by atoms with van der Waals surface area (Å²) in [5.74, 6) is -1.04. The van der Waals surface area contributed by atoms with Crippen molar-refractivity contribution in [3.05, 3.63) is 80.9 Å². The zero-order valence-corrected chi connectivity index (χ0v) is 15.9. The van der Waals surface area contributed by atoms with Crippen LogP contribution in [0.3, 0.4) is 0 Å². The number of carbonyl (C=O) groups excluding carboxylic acids is 1. The standard InChI is InChI=1S/C22H23NO5/c1-3-28-20(25)21(2)18-14-8-4-6-10-16(14)22(12-13-24,19(21)23(26)27)17-11-7-5-9-15(17)18/h4-11,18-19,24H,3,12-13H2,1-2H3. The SMILES string of the molecule is CCOC(=O)C1(C)C2c3ccccc3C(CCO)(c3ccccc32)C1[N+](=O)[O-]. The molecule has 2 unspecified atom stereocenters. The van der Waals surface area contributed by atoms with E-state index in [1.54, 1.807) is 13.8 Å². The van der Waals surface area contributed by atoms with Crippen LogP contribution in [-0.2, 0) is 14.9 Å². The van der Waals surface area contributed by atoms with Crippen LogP contribution >= 0.6 is 0 Å². The second-order valence-electron chi connectivity index (χ2n) is 7.74. The summed E-state index contributed by atoms with van der Waals surface area (Å²) in [6.45, 7) is 3.29. The van der Waals surface area contributed by atoms with Crippen LogP contribution < -0.4 is 0 Å². The number of aliphatic hydroxyl groups excluding tert-OH is 1. The molecule has 0 fully saturated rings. The van der Waals surface area contributed by atoms with Crippen molar-refractivity contribution in [2.45, 2.75) is 37.6 Å². The molecule has 5 rings (SSSR count). The lowest BCUT2D eigenvalue weighted by molar-refractivity contribution is -0.553. The van der Waals surface area contributed by atoms with Crippen LogP contribution in [-0.4, -0.2) is 35.3 Å². The predicted octanol–water partition coefficient (Wildman–Crippen LogP) is 3.03. The molecule has 3 aliphatic rings. The van der Waals surface area contributed by atoms with E-state index < -0.39 is 28.8 Å². The molecule has 0 saturated heterocycles. The molecule has 0 heterocycles. The van der Waals surface area contributed by atoms with Crippen LogP contribution in [0.4, 0.5) is 0 Å². The third-order valence-corrected chi connectivity index (χ3v) is 6.57. The smallest absolute Gasteiger partial charge is 0.319 e. The highest BCUT2D eigenvalue weighted by atomic mass is 16.6. The molecule has 2 aromatic rings. The quantitative estimate of drug-likeness (QED) is 0.488. The van der Waals surface area contributed by atoms with Crippen molar-refractivity contribution in [1.29, 1.82) is 0 Å². The fourth-order valence-electron chi connectivity index (χ4n) is 5.73. The number of hydrogen-bond donors (Lipinski definition) is 1. The number of carbonyl (C=O) groups is 1. The Morgan fingerprint density at radius 1 is 1.14 bits per heavy atom. The number of ether oxygens (including phenoxy) is 1. The molecule has 0 aliphatic heterocycles. The maximum atomic E-state index is 13.2. The number of fused-ring (bicyclic) bond motifs is 1. The average molecular weight is 381 g/mol. The maximum absolute atomic E-state index is 13.2. The van der Waals surface area contributed by atoms with E-state index in [2.05, 4.69) is 0 Å². The van der Waals surface area contributed by atoms with E-state index in [4.69, 9.17) is 4.74 Å². The van der Waals surface area contributed by atoms with Gasteiger partial charge in [0.25, 0.3) is 0 Å². The van der Waals surface area contributed by atoms with E-state index in [-0.39, 0.29) is 24.6 Å². The van der Waals surface area contributed by atoms with Gasteiger partial charge in [-0.25, -0.2) is 0 Å². The monoisotopic (exact) mass is 381 g/mol. The highest BCUT2D eigenvalue weighted by Gasteiger charge is 2.73. The molecular weight excluding hydrogens is 358 g/mol. The summed E-state index contributed by atoms with van der Waals surface area (Å²) in [6.07, 6.45) is 0.161. The largest absolute Gasteiger partial charge is 0.465 e. The number of aliphatic hydroxyl groups is 1. The normalized spacial score (nSPS) is 29.7. The van der Waals surface area contributed by atoms with Gasteiger partial charge in [0.1, 0.15) is 5.41 Å². The van der Waals surface area contributed by atoms with Gasteiger partial charge in [-0.1, -0.05) is 48.5 Å². The maximum Gasteiger partial charge on any atom is 0.319 e. The molecular formula is C22H23NO5. The summed E-state index contributed by atoms with van der Waals surface area (Å²) >= 11 is 0. The Morgan fingerprint density at radius 2 is 1.68 bits per heavy atom. The summed E-state index contributed by atoms with van der Waals surface area (Å²) < 4.78 is 5.36. The molecule has 3 aliphatic carbocycles. The lowest BCUT2D eigenvalue weighted by Gasteiger charge is -2.57. The van der Waals surface area contributed by atoms with Gasteiger partial charge in [0.05, 0.1) is 12.0 Å². The number of rotatable bonds is 5. The van der Waals surface area contributed by atoms with E-state index in [0.717, 1.165) is 22.3 Å². The van der Waals surface area contributed by atoms with Gasteiger partial charge in [0.2, 0.25) is 6.04 Å². The molecule has 1 N–H and O–H groups in total. The fraction of sp³-hybridized carbons (Fsp3) is 0.409. The second-order valence-corrected chi connectivity index (χ2v) is 7.74. The zero-order valence-electron chi connectivity index (χ0n) is 15.9. The first-order valence-electron chi connectivity index (χ1n) is 9.55. The van der Waals surface area contributed by atoms with Crippen molar-refractivity contribution in [1.82, 2.24) is 0 Å². The van der Waals surface area contributed by atoms with Crippen molar-refractivity contribution in [3.63, 3.8) is 0 Å². The molecule has 6 nitrogen and oxygen atoms in total. The predicted molar refractivity (Wildman–Crippen MR) is 103 cm³/mol. The molecule has 0 spiro atoms. The van der Waals surface area contributed by atoms with Gasteiger partial charge < -0.3 is 9.84 Å². The Kier molecular flexibility index (Phi) is 4.27. The average Bonchev–Trinajstić information content (AvgIpc) is 2.68. The molecule has 0 saturated carbocycles. The second kappa shape index (κ2) is 6.41. The topological polar surface area (TPSA) is 89.7 Å². The van der Waals surface area contributed by atoms with Crippen molar-refractivity contribution < 1.29 is 19.6 Å². The van der Waals surface area contributed by atoms with Gasteiger partial charge in [-0.15, -0.1) is 0 Å². The number of esters is 1. The number of nitrogens with zero attached hydrogens (tertiary/aromatic N) is 1. The Labute approximate surface area is 163 Å². The van der Waals surface area contributed by atoms with Crippen molar-refractivity contribution in [2.24, 2.45) is 5.41 Å². The Balaban J connectivity index is 2.15. The van der Waals surface area contributed by atoms with Crippen molar-refractivity contribution in [2.75, 3.05) is 13.2 Å². The molecule has 28 heavy (non-hydrogen) atoms. The summed E-state index contributed by atoms with van der Waals surface area (Å²) in [7, 11) is 0. The minimum Gasteiger partial charge on any atom is -0.465 e. The minimum atomic E-state index is -1.38. The number of hydrogen-bond acceptors (Lipinski definition) is 5. The van der Waals surface area contributed by atoms with E-state index in [9.17, 15) is 20.0 Å². The first-order valence-corrected chi connectivity index (χ1v) is 9.55. The van der Waals surface area contributed by atoms with Crippen LogP contribution in [0.1, 0.15) is 48.4 Å². The number of benzene rings is 2. The first-order chi connectivity index (χ1) is 13.4. The van der Waals surface area contributed by atoms with E-state index in [1.165, 1.54) is 0 Å². The van der Waals surface area contributed by atoms with Crippen molar-refractivity contribution in [3.8, 4) is 0 Å². The van der Waals surface area contributed by atoms with Crippen LogP contribution in [0, 0.1) is 15.5 Å². The molecule has 2 bridgehead atoms. The summed E-state index contributed by atoms with van der Waals surface area (Å²) in [5.41, 5.74) is 0.998. The highest BCUT2D eigenvalue weighted by molar-refractivity contribution is 5.83. The van der Waals surface area contributed by atoms with Crippen LogP contribution in [0.15, 0.2) is 48.5 Å². The molecule has 2 aromatic carbocycles. The van der Waals surface area contributed by atoms with Crippen molar-refractivity contribution >= 4 is 5.97 Å². The highest BCUT2D eigenvalue weighted by Crippen LogP contribution is 2.65. The Bertz CT molecular complexity index is 908. The van der Waals surface area contributed by atoms with Gasteiger partial charge in [-0.3, -0.25) is 14.9 Å². The molecule has 146 valence electrons. The van der Waals surface area contributed by atoms with Crippen LogP contribution in [0.5, 0.6) is 0 Å². The van der Waals surface area contributed by atoms with Gasteiger partial charge in [0.15, 0.2) is 0 Å². The number of nitro groups is 1. The van der Waals surface area contributed by atoms with E-state index in [0.29, 0.717) is 0 Å². The zero-order chi connectivity index (χ0) is 20.1. The van der Waals surface area contributed by atoms with Crippen LogP contribution in [0.25, 0.3) is 0 Å². The fourth-order valence-corrected chi connectivity index (χ4v) is 5.73. The summed E-state index contributed by atoms with van der Waals surface area (Å²) in [4.78, 5) is 25.3. The third-order valence-electron chi connectivity index (χ3n) is 6.57. The van der Waals surface area contributed by atoms with E-state index >= 15 is 0 Å². The van der Waals surface area contributed by atoms with E-state index in [1.807, 2.05) is 48.5 Å². The van der Waals surface area contributed by atoms with Gasteiger partial charge in [0, 0.05) is 17.4 Å².